The van der Waals surface area contributed by atoms with Crippen LogP contribution < -0.4 is 10.6 Å². The summed E-state index contributed by atoms with van der Waals surface area (Å²) in [6.45, 7) is -0.232. The highest BCUT2D eigenvalue weighted by atomic mass is 32.2. The fraction of sp³-hybridized carbons (Fsp3) is 0.190. The minimum Gasteiger partial charge on any atom is -0.390 e. The molecule has 0 aliphatic carbocycles. The Bertz CT molecular complexity index is 1060. The number of aromatic nitrogens is 2. The van der Waals surface area contributed by atoms with Crippen LogP contribution in [0.2, 0.25) is 0 Å². The summed E-state index contributed by atoms with van der Waals surface area (Å²) >= 11 is 1.06. The van der Waals surface area contributed by atoms with Crippen molar-refractivity contribution in [1.82, 2.24) is 14.9 Å². The Balaban J connectivity index is 1.57. The first-order chi connectivity index (χ1) is 15.0. The Kier molecular flexibility index (Phi) is 7.74. The minimum atomic E-state index is -0.539. The minimum absolute atomic E-state index is 0.0621. The van der Waals surface area contributed by atoms with Gasteiger partial charge in [-0.25, -0.2) is 13.8 Å². The highest BCUT2D eigenvalue weighted by Gasteiger charge is 2.15. The fourth-order valence-electron chi connectivity index (χ4n) is 2.68. The SMILES string of the molecule is O=C(Cn1c(CO)cnc1SCC(=O)Nc1ccccc1F)NCc1ccc(F)cc1. The highest BCUT2D eigenvalue weighted by Crippen LogP contribution is 2.20. The Morgan fingerprint density at radius 2 is 1.81 bits per heavy atom. The first-order valence-electron chi connectivity index (χ1n) is 9.30. The molecule has 0 aliphatic heterocycles. The number of hydrogen-bond acceptors (Lipinski definition) is 5. The van der Waals surface area contributed by atoms with Crippen molar-refractivity contribution in [1.29, 1.82) is 0 Å². The Morgan fingerprint density at radius 1 is 1.06 bits per heavy atom. The van der Waals surface area contributed by atoms with Crippen LogP contribution in [0.15, 0.2) is 59.9 Å². The zero-order valence-corrected chi connectivity index (χ0v) is 17.2. The average Bonchev–Trinajstić information content (AvgIpc) is 3.15. The maximum Gasteiger partial charge on any atom is 0.240 e. The molecule has 0 bridgehead atoms. The molecule has 3 rings (SSSR count). The van der Waals surface area contributed by atoms with Crippen molar-refractivity contribution in [2.45, 2.75) is 24.9 Å². The van der Waals surface area contributed by atoms with Gasteiger partial charge in [-0.3, -0.25) is 9.59 Å². The Morgan fingerprint density at radius 3 is 2.52 bits per heavy atom. The summed E-state index contributed by atoms with van der Waals surface area (Å²) in [6, 6.07) is 11.6. The maximum absolute atomic E-state index is 13.7. The number of anilines is 1. The van der Waals surface area contributed by atoms with Crippen LogP contribution in [0.3, 0.4) is 0 Å². The molecule has 1 aromatic heterocycles. The van der Waals surface area contributed by atoms with Crippen LogP contribution in [-0.2, 0) is 29.3 Å². The summed E-state index contributed by atoms with van der Waals surface area (Å²) in [5.41, 5.74) is 1.23. The van der Waals surface area contributed by atoms with Gasteiger partial charge >= 0.3 is 0 Å². The molecule has 10 heteroatoms. The summed E-state index contributed by atoms with van der Waals surface area (Å²) < 4.78 is 28.1. The third-order valence-corrected chi connectivity index (χ3v) is 5.24. The van der Waals surface area contributed by atoms with E-state index in [0.29, 0.717) is 10.9 Å². The molecule has 1 heterocycles. The van der Waals surface area contributed by atoms with Gasteiger partial charge in [0.25, 0.3) is 0 Å². The van der Waals surface area contributed by atoms with E-state index in [4.69, 9.17) is 0 Å². The van der Waals surface area contributed by atoms with Gasteiger partial charge in [0, 0.05) is 6.54 Å². The van der Waals surface area contributed by atoms with E-state index in [9.17, 15) is 23.5 Å². The molecule has 7 nitrogen and oxygen atoms in total. The van der Waals surface area contributed by atoms with Crippen molar-refractivity contribution in [2.75, 3.05) is 11.1 Å². The normalized spacial score (nSPS) is 10.7. The van der Waals surface area contributed by atoms with Gasteiger partial charge in [0.05, 0.1) is 29.9 Å². The molecule has 0 saturated carbocycles. The van der Waals surface area contributed by atoms with E-state index in [1.54, 1.807) is 18.2 Å². The number of para-hydroxylation sites is 1. The molecule has 2 amide bonds. The number of carbonyl (C=O) groups excluding carboxylic acids is 2. The number of nitrogens with zero attached hydrogens (tertiary/aromatic N) is 2. The molecule has 0 radical (unpaired) electrons. The predicted octanol–water partition coefficient (Wildman–Crippen LogP) is 2.70. The van der Waals surface area contributed by atoms with Crippen LogP contribution in [0.4, 0.5) is 14.5 Å². The molecule has 0 atom stereocenters. The molecular weight excluding hydrogens is 426 g/mol. The van der Waals surface area contributed by atoms with Crippen molar-refractivity contribution < 1.29 is 23.5 Å². The third kappa shape index (κ3) is 6.37. The number of rotatable bonds is 9. The summed E-state index contributed by atoms with van der Waals surface area (Å²) in [7, 11) is 0. The van der Waals surface area contributed by atoms with Crippen LogP contribution in [0.1, 0.15) is 11.3 Å². The number of nitrogens with one attached hydrogen (secondary N) is 2. The van der Waals surface area contributed by atoms with Gasteiger partial charge in [0.15, 0.2) is 5.16 Å². The third-order valence-electron chi connectivity index (χ3n) is 4.25. The fourth-order valence-corrected chi connectivity index (χ4v) is 3.48. The second-order valence-electron chi connectivity index (χ2n) is 6.50. The van der Waals surface area contributed by atoms with E-state index in [1.165, 1.54) is 41.1 Å². The lowest BCUT2D eigenvalue weighted by Gasteiger charge is -2.11. The predicted molar refractivity (Wildman–Crippen MR) is 112 cm³/mol. The lowest BCUT2D eigenvalue weighted by molar-refractivity contribution is -0.122. The largest absolute Gasteiger partial charge is 0.390 e. The van der Waals surface area contributed by atoms with Gasteiger partial charge in [-0.1, -0.05) is 36.0 Å². The number of aliphatic hydroxyl groups is 1. The quantitative estimate of drug-likeness (QED) is 0.439. The molecule has 0 unspecified atom stereocenters. The van der Waals surface area contributed by atoms with Gasteiger partial charge in [-0.15, -0.1) is 0 Å². The molecular formula is C21H20F2N4O3S. The van der Waals surface area contributed by atoms with E-state index in [1.807, 2.05) is 0 Å². The Hall–Kier alpha value is -3.24. The van der Waals surface area contributed by atoms with Crippen molar-refractivity contribution >= 4 is 29.3 Å². The summed E-state index contributed by atoms with van der Waals surface area (Å²) in [5, 5.41) is 15.1. The van der Waals surface area contributed by atoms with Crippen molar-refractivity contribution in [3.8, 4) is 0 Å². The van der Waals surface area contributed by atoms with Crippen molar-refractivity contribution in [3.05, 3.63) is 77.6 Å². The highest BCUT2D eigenvalue weighted by molar-refractivity contribution is 7.99. The summed E-state index contributed by atoms with van der Waals surface area (Å²) in [6.07, 6.45) is 1.42. The number of amides is 2. The number of imidazole rings is 1. The number of benzene rings is 2. The van der Waals surface area contributed by atoms with Crippen LogP contribution in [0, 0.1) is 11.6 Å². The molecule has 0 fully saturated rings. The lowest BCUT2D eigenvalue weighted by atomic mass is 10.2. The standard InChI is InChI=1S/C21H20F2N4O3S/c22-15-7-5-14(6-8-15)9-24-19(29)11-27-16(12-28)10-25-21(27)31-13-20(30)26-18-4-2-1-3-17(18)23/h1-8,10,28H,9,11-13H2,(H,24,29)(H,26,30). The second-order valence-corrected chi connectivity index (χ2v) is 7.44. The van der Waals surface area contributed by atoms with Crippen LogP contribution >= 0.6 is 11.8 Å². The van der Waals surface area contributed by atoms with E-state index in [-0.39, 0.29) is 42.9 Å². The smallest absolute Gasteiger partial charge is 0.240 e. The molecule has 3 aromatic rings. The maximum atomic E-state index is 13.7. The number of halogens is 2. The summed E-state index contributed by atoms with van der Waals surface area (Å²) in [5.74, 6) is -1.73. The van der Waals surface area contributed by atoms with Gasteiger partial charge in [-0.2, -0.15) is 0 Å². The molecule has 0 aliphatic rings. The van der Waals surface area contributed by atoms with Crippen LogP contribution in [-0.4, -0.2) is 32.2 Å². The van der Waals surface area contributed by atoms with Gasteiger partial charge in [-0.05, 0) is 29.8 Å². The first kappa shape index (κ1) is 22.4. The molecule has 31 heavy (non-hydrogen) atoms. The second kappa shape index (κ2) is 10.7. The molecule has 0 saturated heterocycles. The van der Waals surface area contributed by atoms with E-state index in [2.05, 4.69) is 15.6 Å². The topological polar surface area (TPSA) is 96.2 Å². The lowest BCUT2D eigenvalue weighted by Crippen LogP contribution is -2.28. The van der Waals surface area contributed by atoms with Gasteiger partial charge in [0.1, 0.15) is 18.2 Å². The molecule has 3 N–H and O–H groups in total. The number of carbonyl (C=O) groups is 2. The number of thioether (sulfide) groups is 1. The zero-order chi connectivity index (χ0) is 22.2. The van der Waals surface area contributed by atoms with E-state index >= 15 is 0 Å². The van der Waals surface area contributed by atoms with Crippen LogP contribution in [0.5, 0.6) is 0 Å². The van der Waals surface area contributed by atoms with Gasteiger partial charge < -0.3 is 20.3 Å². The molecule has 0 spiro atoms. The molecule has 162 valence electrons. The van der Waals surface area contributed by atoms with E-state index in [0.717, 1.165) is 17.3 Å². The zero-order valence-electron chi connectivity index (χ0n) is 16.3. The van der Waals surface area contributed by atoms with E-state index < -0.39 is 11.7 Å². The monoisotopic (exact) mass is 446 g/mol. The average molecular weight is 446 g/mol. The Labute approximate surface area is 181 Å². The number of aliphatic hydroxyl groups excluding tert-OH is 1. The van der Waals surface area contributed by atoms with Crippen molar-refractivity contribution in [3.63, 3.8) is 0 Å². The first-order valence-corrected chi connectivity index (χ1v) is 10.3. The van der Waals surface area contributed by atoms with Crippen molar-refractivity contribution in [2.24, 2.45) is 0 Å². The number of hydrogen-bond donors (Lipinski definition) is 3. The molecule has 2 aromatic carbocycles. The summed E-state index contributed by atoms with van der Waals surface area (Å²) in [4.78, 5) is 28.6. The van der Waals surface area contributed by atoms with Crippen LogP contribution in [0.25, 0.3) is 0 Å². The van der Waals surface area contributed by atoms with Gasteiger partial charge in [0.2, 0.25) is 11.8 Å².